The lowest BCUT2D eigenvalue weighted by Crippen LogP contribution is -2.56. The van der Waals surface area contributed by atoms with Crippen molar-refractivity contribution in [1.29, 1.82) is 0 Å². The fourth-order valence-electron chi connectivity index (χ4n) is 5.45. The van der Waals surface area contributed by atoms with Crippen LogP contribution in [0.2, 0.25) is 0 Å². The lowest BCUT2D eigenvalue weighted by Gasteiger charge is -2.38. The summed E-state index contributed by atoms with van der Waals surface area (Å²) >= 11 is 1.53. The first kappa shape index (κ1) is 21.4. The van der Waals surface area contributed by atoms with Gasteiger partial charge < -0.3 is 19.6 Å². The van der Waals surface area contributed by atoms with E-state index in [1.165, 1.54) is 16.7 Å². The third kappa shape index (κ3) is 2.94. The Hall–Kier alpha value is -1.80. The van der Waals surface area contributed by atoms with Crippen LogP contribution in [0.25, 0.3) is 0 Å². The Balaban J connectivity index is 1.85. The Morgan fingerprint density at radius 1 is 1.23 bits per heavy atom. The molecule has 6 atom stereocenters. The van der Waals surface area contributed by atoms with Crippen LogP contribution in [-0.4, -0.2) is 80.6 Å². The van der Waals surface area contributed by atoms with Gasteiger partial charge in [0.1, 0.15) is 12.6 Å². The number of hydrogen-bond acceptors (Lipinski definition) is 6. The molecule has 0 aromatic carbocycles. The van der Waals surface area contributed by atoms with Gasteiger partial charge in [-0.2, -0.15) is 0 Å². The minimum absolute atomic E-state index is 0.102. The Morgan fingerprint density at radius 3 is 2.70 bits per heavy atom. The van der Waals surface area contributed by atoms with E-state index in [1.807, 2.05) is 31.2 Å². The highest BCUT2D eigenvalue weighted by molar-refractivity contribution is 8.02. The fraction of sp³-hybridized carbons (Fsp3) is 0.682. The summed E-state index contributed by atoms with van der Waals surface area (Å²) in [5.41, 5.74) is 0. The predicted molar refractivity (Wildman–Crippen MR) is 114 cm³/mol. The molecule has 4 rings (SSSR count). The molecule has 0 aromatic heterocycles. The maximum Gasteiger partial charge on any atom is 0.311 e. The van der Waals surface area contributed by atoms with E-state index in [-0.39, 0.29) is 25.0 Å². The van der Waals surface area contributed by atoms with Crippen molar-refractivity contribution in [2.24, 2.45) is 11.8 Å². The summed E-state index contributed by atoms with van der Waals surface area (Å²) in [6, 6.07) is -1.26. The van der Waals surface area contributed by atoms with Gasteiger partial charge in [0.15, 0.2) is 0 Å². The monoisotopic (exact) mass is 434 g/mol. The molecule has 1 N–H and O–H groups in total. The summed E-state index contributed by atoms with van der Waals surface area (Å²) in [5, 5.41) is 9.86. The Morgan fingerprint density at radius 2 is 2.00 bits per heavy atom. The summed E-state index contributed by atoms with van der Waals surface area (Å²) in [6.07, 6.45) is 9.59. The second kappa shape index (κ2) is 7.71. The molecule has 7 nitrogen and oxygen atoms in total. The molecule has 4 heterocycles. The fourth-order valence-corrected chi connectivity index (χ4v) is 7.59. The predicted octanol–water partition coefficient (Wildman–Crippen LogP) is 1.37. The lowest BCUT2D eigenvalue weighted by atomic mass is 9.75. The minimum atomic E-state index is -0.862. The third-order valence-electron chi connectivity index (χ3n) is 6.85. The van der Waals surface area contributed by atoms with E-state index in [0.29, 0.717) is 13.1 Å². The smallest absolute Gasteiger partial charge is 0.311 e. The number of carbonyl (C=O) groups excluding carboxylic acids is 3. The van der Waals surface area contributed by atoms with Crippen molar-refractivity contribution < 1.29 is 24.2 Å². The van der Waals surface area contributed by atoms with Crippen molar-refractivity contribution in [3.8, 4) is 0 Å². The van der Waals surface area contributed by atoms with Crippen LogP contribution in [0.5, 0.6) is 0 Å². The molecule has 0 bridgehead atoms. The largest absolute Gasteiger partial charge is 0.461 e. The second-order valence-corrected chi connectivity index (χ2v) is 10.6. The van der Waals surface area contributed by atoms with Crippen LogP contribution in [0.15, 0.2) is 24.3 Å². The number of nitrogens with zero attached hydrogens (tertiary/aromatic N) is 2. The molecule has 2 saturated heterocycles. The highest BCUT2D eigenvalue weighted by Crippen LogP contribution is 2.65. The minimum Gasteiger partial charge on any atom is -0.461 e. The van der Waals surface area contributed by atoms with Gasteiger partial charge in [0, 0.05) is 17.8 Å². The lowest BCUT2D eigenvalue weighted by molar-refractivity contribution is -0.153. The normalized spacial score (nSPS) is 38.7. The maximum absolute atomic E-state index is 13.8. The molecular weight excluding hydrogens is 404 g/mol. The number of hydrogen-bond donors (Lipinski definition) is 1. The number of esters is 1. The molecule has 2 amide bonds. The van der Waals surface area contributed by atoms with E-state index in [1.54, 1.807) is 11.8 Å². The van der Waals surface area contributed by atoms with E-state index >= 15 is 0 Å². The summed E-state index contributed by atoms with van der Waals surface area (Å²) in [6.45, 7) is 6.85. The quantitative estimate of drug-likeness (QED) is 0.519. The zero-order valence-corrected chi connectivity index (χ0v) is 18.6. The number of fused-ring (bicyclic) bond motifs is 2. The van der Waals surface area contributed by atoms with Crippen LogP contribution in [0.3, 0.4) is 0 Å². The second-order valence-electron chi connectivity index (χ2n) is 8.85. The third-order valence-corrected chi connectivity index (χ3v) is 8.65. The molecule has 8 heteroatoms. The number of aliphatic hydroxyl groups excluding tert-OH is 1. The summed E-state index contributed by atoms with van der Waals surface area (Å²) in [5.74, 6) is -2.12. The van der Waals surface area contributed by atoms with Crippen molar-refractivity contribution in [3.05, 3.63) is 24.3 Å². The van der Waals surface area contributed by atoms with Gasteiger partial charge in [0.2, 0.25) is 11.8 Å². The van der Waals surface area contributed by atoms with E-state index < -0.39 is 39.4 Å². The number of cyclic esters (lactones) is 1. The highest BCUT2D eigenvalue weighted by Gasteiger charge is 2.74. The first-order valence-electron chi connectivity index (χ1n) is 10.7. The average molecular weight is 435 g/mol. The van der Waals surface area contributed by atoms with Crippen molar-refractivity contribution in [2.45, 2.75) is 55.2 Å². The Bertz CT molecular complexity index is 813. The van der Waals surface area contributed by atoms with Crippen LogP contribution in [0.4, 0.5) is 0 Å². The number of thioether (sulfide) groups is 1. The van der Waals surface area contributed by atoms with Crippen LogP contribution in [0.1, 0.15) is 33.6 Å². The maximum atomic E-state index is 13.8. The molecule has 4 aliphatic heterocycles. The van der Waals surface area contributed by atoms with E-state index in [4.69, 9.17) is 4.74 Å². The number of carbonyl (C=O) groups is 3. The van der Waals surface area contributed by atoms with E-state index in [2.05, 4.69) is 6.92 Å². The molecule has 164 valence electrons. The molecule has 0 radical (unpaired) electrons. The van der Waals surface area contributed by atoms with Gasteiger partial charge in [-0.1, -0.05) is 31.6 Å². The van der Waals surface area contributed by atoms with Gasteiger partial charge >= 0.3 is 5.97 Å². The average Bonchev–Trinajstić information content (AvgIpc) is 2.99. The van der Waals surface area contributed by atoms with Crippen LogP contribution in [-0.2, 0) is 19.1 Å². The van der Waals surface area contributed by atoms with Crippen molar-refractivity contribution in [3.63, 3.8) is 0 Å². The first-order chi connectivity index (χ1) is 14.3. The zero-order chi connectivity index (χ0) is 21.7. The number of ether oxygens (including phenoxy) is 1. The Kier molecular flexibility index (Phi) is 5.51. The SMILES string of the molecule is CCCCN1CC=C[C@]23S[C@]4(C)C=CCOC(=O)[C@@H]4[C@H]2C(=O)N([C@H](C)CO)C3C1=O. The number of amides is 2. The molecule has 1 unspecified atom stereocenters. The molecular formula is C22H30N2O5S. The van der Waals surface area contributed by atoms with Crippen LogP contribution in [0, 0.1) is 11.8 Å². The van der Waals surface area contributed by atoms with Gasteiger partial charge in [0.25, 0.3) is 0 Å². The van der Waals surface area contributed by atoms with E-state index in [9.17, 15) is 19.5 Å². The van der Waals surface area contributed by atoms with Crippen molar-refractivity contribution in [2.75, 3.05) is 26.3 Å². The van der Waals surface area contributed by atoms with Crippen molar-refractivity contribution >= 4 is 29.5 Å². The molecule has 0 aliphatic carbocycles. The van der Waals surface area contributed by atoms with Gasteiger partial charge in [-0.3, -0.25) is 14.4 Å². The number of likely N-dealkylation sites (tertiary alicyclic amines) is 1. The van der Waals surface area contributed by atoms with Gasteiger partial charge in [-0.15, -0.1) is 11.8 Å². The topological polar surface area (TPSA) is 87.2 Å². The number of aliphatic hydroxyl groups is 1. The first-order valence-corrected chi connectivity index (χ1v) is 11.6. The van der Waals surface area contributed by atoms with E-state index in [0.717, 1.165) is 12.8 Å². The Labute approximate surface area is 181 Å². The summed E-state index contributed by atoms with van der Waals surface area (Å²) in [4.78, 5) is 43.8. The van der Waals surface area contributed by atoms with Gasteiger partial charge in [-0.05, 0) is 26.3 Å². The van der Waals surface area contributed by atoms with Crippen LogP contribution >= 0.6 is 11.8 Å². The molecule has 2 fully saturated rings. The highest BCUT2D eigenvalue weighted by atomic mass is 32.2. The van der Waals surface area contributed by atoms with Gasteiger partial charge in [-0.25, -0.2) is 0 Å². The molecule has 0 aromatic rings. The number of unbranched alkanes of at least 4 members (excludes halogenated alkanes) is 1. The zero-order valence-electron chi connectivity index (χ0n) is 17.7. The summed E-state index contributed by atoms with van der Waals surface area (Å²) in [7, 11) is 0. The molecule has 4 aliphatic rings. The van der Waals surface area contributed by atoms with Crippen LogP contribution < -0.4 is 0 Å². The molecule has 0 saturated carbocycles. The number of rotatable bonds is 5. The van der Waals surface area contributed by atoms with Crippen molar-refractivity contribution in [1.82, 2.24) is 9.80 Å². The van der Waals surface area contributed by atoms with Gasteiger partial charge in [0.05, 0.1) is 29.2 Å². The molecule has 1 spiro atoms. The summed E-state index contributed by atoms with van der Waals surface area (Å²) < 4.78 is 3.89. The molecule has 30 heavy (non-hydrogen) atoms. The standard InChI is InChI=1S/C22H30N2O5S/c1-4-5-10-23-11-6-9-22-15(16-20(28)29-12-7-8-21(16,3)30-22)18(26)24(14(2)13-25)17(22)19(23)27/h6-9,14-17,25H,4-5,10-13H2,1-3H3/t14-,15+,16+,17?,21-,22+/m1/s1.